The van der Waals surface area contributed by atoms with Gasteiger partial charge in [-0.1, -0.05) is 88.4 Å². The van der Waals surface area contributed by atoms with Crippen molar-refractivity contribution in [1.82, 2.24) is 4.90 Å². The zero-order chi connectivity index (χ0) is 23.6. The molecule has 2 aromatic rings. The van der Waals surface area contributed by atoms with Crippen molar-refractivity contribution in [2.24, 2.45) is 5.41 Å². The van der Waals surface area contributed by atoms with E-state index in [2.05, 4.69) is 48.5 Å². The van der Waals surface area contributed by atoms with Crippen molar-refractivity contribution in [3.05, 3.63) is 60.7 Å². The summed E-state index contributed by atoms with van der Waals surface area (Å²) in [5.41, 5.74) is 1.94. The van der Waals surface area contributed by atoms with Gasteiger partial charge in [0.25, 0.3) is 5.91 Å². The van der Waals surface area contributed by atoms with Crippen molar-refractivity contribution in [2.75, 3.05) is 13.2 Å². The molecule has 0 N–H and O–H groups in total. The summed E-state index contributed by atoms with van der Waals surface area (Å²) in [5, 5.41) is 0.444. The Kier molecular flexibility index (Phi) is 10.0. The number of thiocarbonyl (C=S) groups is 1. The maximum atomic E-state index is 12.4. The number of carbonyl (C=O) groups is 2. The van der Waals surface area contributed by atoms with Crippen LogP contribution in [0.25, 0.3) is 11.1 Å². The highest BCUT2D eigenvalue weighted by atomic mass is 32.1. The van der Waals surface area contributed by atoms with Gasteiger partial charge in [0, 0.05) is 12.0 Å². The summed E-state index contributed by atoms with van der Waals surface area (Å²) in [6, 6.07) is 20.6. The van der Waals surface area contributed by atoms with Gasteiger partial charge in [0.2, 0.25) is 5.78 Å². The van der Waals surface area contributed by atoms with Crippen molar-refractivity contribution in [1.29, 1.82) is 0 Å². The highest BCUT2D eigenvalue weighted by Gasteiger charge is 2.40. The van der Waals surface area contributed by atoms with Crippen LogP contribution in [0.15, 0.2) is 60.7 Å². The van der Waals surface area contributed by atoms with E-state index in [1.165, 1.54) is 11.1 Å². The minimum Gasteiger partial charge on any atom is -0.485 e. The Morgan fingerprint density at radius 1 is 1.00 bits per heavy atom. The molecular formula is C27H35NO3S. The molecule has 32 heavy (non-hydrogen) atoms. The number of rotatable bonds is 7. The Morgan fingerprint density at radius 2 is 1.53 bits per heavy atom. The molecule has 0 unspecified atom stereocenters. The molecule has 4 nitrogen and oxygen atoms in total. The first-order valence-corrected chi connectivity index (χ1v) is 11.8. The summed E-state index contributed by atoms with van der Waals surface area (Å²) in [7, 11) is 0. The molecule has 1 aliphatic heterocycles. The number of Topliss-reactive ketones (excluding diaryl/α,β-unsaturated/α-hetero) is 1. The van der Waals surface area contributed by atoms with Crippen LogP contribution in [0.4, 0.5) is 0 Å². The maximum absolute atomic E-state index is 12.4. The van der Waals surface area contributed by atoms with E-state index >= 15 is 0 Å². The van der Waals surface area contributed by atoms with Crippen LogP contribution in [0, 0.1) is 5.41 Å². The molecule has 1 fully saturated rings. The van der Waals surface area contributed by atoms with Gasteiger partial charge in [-0.15, -0.1) is 0 Å². The first-order valence-electron chi connectivity index (χ1n) is 11.4. The average molecular weight is 454 g/mol. The van der Waals surface area contributed by atoms with E-state index in [-0.39, 0.29) is 11.8 Å². The number of benzene rings is 2. The molecule has 5 heteroatoms. The van der Waals surface area contributed by atoms with Gasteiger partial charge in [-0.25, -0.2) is 0 Å². The van der Waals surface area contributed by atoms with Crippen molar-refractivity contribution in [3.63, 3.8) is 0 Å². The lowest BCUT2D eigenvalue weighted by Gasteiger charge is -2.28. The lowest BCUT2D eigenvalue weighted by atomic mass is 9.84. The van der Waals surface area contributed by atoms with Gasteiger partial charge in [0.15, 0.2) is 5.05 Å². The van der Waals surface area contributed by atoms with Gasteiger partial charge in [0.05, 0.1) is 6.61 Å². The second-order valence-corrected chi connectivity index (χ2v) is 9.03. The van der Waals surface area contributed by atoms with E-state index in [9.17, 15) is 9.59 Å². The molecular weight excluding hydrogens is 418 g/mol. The Bertz CT molecular complexity index is 843. The quantitative estimate of drug-likeness (QED) is 0.376. The largest absolute Gasteiger partial charge is 0.485 e. The van der Waals surface area contributed by atoms with E-state index < -0.39 is 11.3 Å². The van der Waals surface area contributed by atoms with Crippen molar-refractivity contribution < 1.29 is 14.3 Å². The fourth-order valence-electron chi connectivity index (χ4n) is 3.40. The molecule has 0 saturated carbocycles. The summed E-state index contributed by atoms with van der Waals surface area (Å²) in [4.78, 5) is 26.3. The van der Waals surface area contributed by atoms with E-state index in [1.807, 2.05) is 39.8 Å². The Hall–Kier alpha value is -2.53. The van der Waals surface area contributed by atoms with Crippen LogP contribution in [-0.4, -0.2) is 40.8 Å². The van der Waals surface area contributed by atoms with Crippen LogP contribution in [0.3, 0.4) is 0 Å². The summed E-state index contributed by atoms with van der Waals surface area (Å²) in [6.45, 7) is 8.69. The maximum Gasteiger partial charge on any atom is 0.291 e. The molecule has 1 saturated heterocycles. The molecule has 172 valence electrons. The molecule has 0 aliphatic carbocycles. The van der Waals surface area contributed by atoms with Gasteiger partial charge < -0.3 is 9.64 Å². The minimum atomic E-state index is -0.615. The molecule has 1 atom stereocenters. The topological polar surface area (TPSA) is 46.6 Å². The second kappa shape index (κ2) is 12.5. The normalized spacial score (nSPS) is 15.5. The fourth-order valence-corrected chi connectivity index (χ4v) is 3.72. The molecule has 0 aromatic heterocycles. The fraction of sp³-hybridized carbons (Fsp3) is 0.444. The first-order chi connectivity index (χ1) is 15.3. The van der Waals surface area contributed by atoms with E-state index in [4.69, 9.17) is 17.0 Å². The van der Waals surface area contributed by atoms with E-state index in [1.54, 1.807) is 4.90 Å². The van der Waals surface area contributed by atoms with Crippen molar-refractivity contribution in [3.8, 4) is 11.1 Å². The van der Waals surface area contributed by atoms with Crippen LogP contribution >= 0.6 is 12.2 Å². The molecule has 0 radical (unpaired) electrons. The average Bonchev–Trinajstić information content (AvgIpc) is 3.33. The van der Waals surface area contributed by atoms with Gasteiger partial charge in [-0.2, -0.15) is 0 Å². The smallest absolute Gasteiger partial charge is 0.291 e. The highest BCUT2D eigenvalue weighted by Crippen LogP contribution is 2.26. The standard InChI is InChI=1S/C15H25NO3S.C12H10/c1-5-10-19-14(20)11-8-7-9-16(11)13(18)12(17)15(3,4)6-2;1-3-7-11(8-4-1)12-9-5-2-6-10-12/h11H,5-10H2,1-4H3;1-10H/t11-;/m0./s1. The van der Waals surface area contributed by atoms with Gasteiger partial charge in [-0.05, 0) is 49.0 Å². The van der Waals surface area contributed by atoms with E-state index in [0.717, 1.165) is 19.3 Å². The monoisotopic (exact) mass is 453 g/mol. The number of amides is 1. The number of hydrogen-bond acceptors (Lipinski definition) is 4. The lowest BCUT2D eigenvalue weighted by molar-refractivity contribution is -0.149. The predicted octanol–water partition coefficient (Wildman–Crippen LogP) is 6.09. The SMILES string of the molecule is CCCOC(=S)[C@@H]1CCCN1C(=O)C(=O)C(C)(C)CC.c1ccc(-c2ccccc2)cc1. The van der Waals surface area contributed by atoms with Gasteiger partial charge in [-0.3, -0.25) is 9.59 Å². The Labute approximate surface area is 198 Å². The summed E-state index contributed by atoms with van der Waals surface area (Å²) in [6.07, 6.45) is 3.18. The van der Waals surface area contributed by atoms with Crippen LogP contribution in [0.5, 0.6) is 0 Å². The third kappa shape index (κ3) is 6.99. The molecule has 0 bridgehead atoms. The zero-order valence-corrected chi connectivity index (χ0v) is 20.5. The molecule has 0 spiro atoms. The number of likely N-dealkylation sites (tertiary alicyclic amines) is 1. The number of ether oxygens (including phenoxy) is 1. The summed E-state index contributed by atoms with van der Waals surface area (Å²) in [5.74, 6) is -0.744. The van der Waals surface area contributed by atoms with Crippen LogP contribution in [-0.2, 0) is 14.3 Å². The van der Waals surface area contributed by atoms with Crippen LogP contribution in [0.1, 0.15) is 53.4 Å². The van der Waals surface area contributed by atoms with Crippen molar-refractivity contribution in [2.45, 2.75) is 59.4 Å². The third-order valence-electron chi connectivity index (χ3n) is 5.81. The lowest BCUT2D eigenvalue weighted by Crippen LogP contribution is -2.47. The summed E-state index contributed by atoms with van der Waals surface area (Å²) >= 11 is 5.26. The molecule has 1 heterocycles. The Balaban J connectivity index is 0.000000255. The molecule has 2 aromatic carbocycles. The summed E-state index contributed by atoms with van der Waals surface area (Å²) < 4.78 is 5.47. The number of hydrogen-bond donors (Lipinski definition) is 0. The van der Waals surface area contributed by atoms with Crippen molar-refractivity contribution >= 4 is 29.0 Å². The number of nitrogens with zero attached hydrogens (tertiary/aromatic N) is 1. The molecule has 1 amide bonds. The minimum absolute atomic E-state index is 0.222. The van der Waals surface area contributed by atoms with Crippen LogP contribution in [0.2, 0.25) is 0 Å². The molecule has 3 rings (SSSR count). The first kappa shape index (κ1) is 25.7. The zero-order valence-electron chi connectivity index (χ0n) is 19.7. The van der Waals surface area contributed by atoms with E-state index in [0.29, 0.717) is 24.6 Å². The highest BCUT2D eigenvalue weighted by molar-refractivity contribution is 7.80. The van der Waals surface area contributed by atoms with Gasteiger partial charge in [0.1, 0.15) is 6.04 Å². The second-order valence-electron chi connectivity index (χ2n) is 8.62. The number of ketones is 1. The van der Waals surface area contributed by atoms with Gasteiger partial charge >= 0.3 is 0 Å². The third-order valence-corrected chi connectivity index (χ3v) is 6.20. The Morgan fingerprint density at radius 3 is 2.00 bits per heavy atom. The number of carbonyl (C=O) groups excluding carboxylic acids is 2. The van der Waals surface area contributed by atoms with Crippen LogP contribution < -0.4 is 0 Å². The molecule has 1 aliphatic rings. The predicted molar refractivity (Wildman–Crippen MR) is 135 cm³/mol.